The summed E-state index contributed by atoms with van der Waals surface area (Å²) in [6.07, 6.45) is 0. The van der Waals surface area contributed by atoms with E-state index < -0.39 is 5.97 Å². The van der Waals surface area contributed by atoms with Gasteiger partial charge in [0.1, 0.15) is 0 Å². The van der Waals surface area contributed by atoms with E-state index in [4.69, 9.17) is 15.6 Å². The average Bonchev–Trinajstić information content (AvgIpc) is 2.18. The Bertz CT molecular complexity index is 308. The number of hydrogen-bond donors (Lipinski definition) is 2. The van der Waals surface area contributed by atoms with Gasteiger partial charge in [-0.2, -0.15) is 0 Å². The minimum atomic E-state index is -0.933. The summed E-state index contributed by atoms with van der Waals surface area (Å²) in [5.41, 5.74) is 6.89. The molecule has 4 nitrogen and oxygen atoms in total. The molecule has 0 saturated heterocycles. The molecule has 0 heterocycles. The number of hydrogen-bond acceptors (Lipinski definition) is 3. The molecule has 0 amide bonds. The number of benzene rings is 1. The van der Waals surface area contributed by atoms with Crippen LogP contribution < -0.4 is 5.73 Å². The van der Waals surface area contributed by atoms with Crippen molar-refractivity contribution in [2.24, 2.45) is 5.73 Å². The summed E-state index contributed by atoms with van der Waals surface area (Å²) in [5, 5.41) is 8.66. The summed E-state index contributed by atoms with van der Waals surface area (Å²) in [6, 6.07) is 6.27. The second-order valence-corrected chi connectivity index (χ2v) is 2.99. The molecule has 4 heteroatoms. The minimum absolute atomic E-state index is 0.206. The quantitative estimate of drug-likeness (QED) is 0.752. The molecule has 0 aromatic heterocycles. The highest BCUT2D eigenvalue weighted by atomic mass is 16.5. The molecule has 1 rings (SSSR count). The number of carboxylic acid groups (broad SMARTS) is 1. The van der Waals surface area contributed by atoms with Gasteiger partial charge in [0.05, 0.1) is 18.2 Å². The molecule has 14 heavy (non-hydrogen) atoms. The Morgan fingerprint density at radius 3 is 2.50 bits per heavy atom. The monoisotopic (exact) mass is 195 g/mol. The lowest BCUT2D eigenvalue weighted by Gasteiger charge is -2.10. The van der Waals surface area contributed by atoms with Crippen molar-refractivity contribution in [3.63, 3.8) is 0 Å². The third-order valence-electron chi connectivity index (χ3n) is 1.93. The zero-order valence-electron chi connectivity index (χ0n) is 7.93. The lowest BCUT2D eigenvalue weighted by atomic mass is 10.1. The van der Waals surface area contributed by atoms with Crippen molar-refractivity contribution in [1.82, 2.24) is 0 Å². The van der Waals surface area contributed by atoms with Gasteiger partial charge in [-0.25, -0.2) is 4.79 Å². The van der Waals surface area contributed by atoms with E-state index in [0.29, 0.717) is 6.61 Å². The standard InChI is InChI=1S/C10H13NO3/c1-14-6-9(11)7-2-4-8(5-3-7)10(12)13/h2-5,9H,6,11H2,1H3,(H,12,13)/t9-/m1/s1. The third-order valence-corrected chi connectivity index (χ3v) is 1.93. The van der Waals surface area contributed by atoms with Crippen molar-refractivity contribution in [2.45, 2.75) is 6.04 Å². The Morgan fingerprint density at radius 2 is 2.07 bits per heavy atom. The van der Waals surface area contributed by atoms with Crippen LogP contribution in [0, 0.1) is 0 Å². The maximum absolute atomic E-state index is 10.6. The Labute approximate surface area is 82.3 Å². The van der Waals surface area contributed by atoms with Crippen LogP contribution in [-0.4, -0.2) is 24.8 Å². The summed E-state index contributed by atoms with van der Waals surface area (Å²) in [4.78, 5) is 10.6. The number of methoxy groups -OCH3 is 1. The van der Waals surface area contributed by atoms with Crippen LogP contribution in [-0.2, 0) is 4.74 Å². The molecule has 0 aliphatic carbocycles. The number of rotatable bonds is 4. The third kappa shape index (κ3) is 2.55. The lowest BCUT2D eigenvalue weighted by Crippen LogP contribution is -2.16. The molecular formula is C10H13NO3. The van der Waals surface area contributed by atoms with Gasteiger partial charge in [0.15, 0.2) is 0 Å². The normalized spacial score (nSPS) is 12.4. The molecule has 0 aliphatic rings. The van der Waals surface area contributed by atoms with E-state index in [2.05, 4.69) is 0 Å². The fraction of sp³-hybridized carbons (Fsp3) is 0.300. The minimum Gasteiger partial charge on any atom is -0.478 e. The molecular weight excluding hydrogens is 182 g/mol. The van der Waals surface area contributed by atoms with Gasteiger partial charge in [-0.05, 0) is 17.7 Å². The largest absolute Gasteiger partial charge is 0.478 e. The summed E-state index contributed by atoms with van der Waals surface area (Å²) < 4.78 is 4.89. The van der Waals surface area contributed by atoms with Crippen LogP contribution in [0.1, 0.15) is 22.0 Å². The van der Waals surface area contributed by atoms with Gasteiger partial charge in [0, 0.05) is 7.11 Å². The fourth-order valence-corrected chi connectivity index (χ4v) is 1.15. The van der Waals surface area contributed by atoms with Gasteiger partial charge in [-0.3, -0.25) is 0 Å². The van der Waals surface area contributed by atoms with Gasteiger partial charge in [-0.15, -0.1) is 0 Å². The first-order valence-electron chi connectivity index (χ1n) is 4.23. The van der Waals surface area contributed by atoms with Crippen LogP contribution >= 0.6 is 0 Å². The zero-order chi connectivity index (χ0) is 10.6. The van der Waals surface area contributed by atoms with Crippen molar-refractivity contribution in [1.29, 1.82) is 0 Å². The smallest absolute Gasteiger partial charge is 0.335 e. The van der Waals surface area contributed by atoms with Gasteiger partial charge in [0.2, 0.25) is 0 Å². The first kappa shape index (κ1) is 10.7. The van der Waals surface area contributed by atoms with Crippen LogP contribution in [0.25, 0.3) is 0 Å². The van der Waals surface area contributed by atoms with Gasteiger partial charge >= 0.3 is 5.97 Å². The van der Waals surface area contributed by atoms with Gasteiger partial charge < -0.3 is 15.6 Å². The molecule has 76 valence electrons. The van der Waals surface area contributed by atoms with Crippen LogP contribution in [0.15, 0.2) is 24.3 Å². The molecule has 1 aromatic rings. The Hall–Kier alpha value is -1.39. The van der Waals surface area contributed by atoms with E-state index in [1.54, 1.807) is 19.2 Å². The molecule has 3 N–H and O–H groups in total. The Balaban J connectivity index is 2.77. The highest BCUT2D eigenvalue weighted by Gasteiger charge is 2.06. The summed E-state index contributed by atoms with van der Waals surface area (Å²) in [6.45, 7) is 0.423. The average molecular weight is 195 g/mol. The van der Waals surface area contributed by atoms with Crippen molar-refractivity contribution < 1.29 is 14.6 Å². The molecule has 0 unspecified atom stereocenters. The molecule has 0 bridgehead atoms. The molecule has 0 spiro atoms. The van der Waals surface area contributed by atoms with E-state index in [9.17, 15) is 4.79 Å². The summed E-state index contributed by atoms with van der Waals surface area (Å²) in [5.74, 6) is -0.933. The van der Waals surface area contributed by atoms with Crippen LogP contribution in [0.4, 0.5) is 0 Å². The second-order valence-electron chi connectivity index (χ2n) is 2.99. The summed E-state index contributed by atoms with van der Waals surface area (Å²) >= 11 is 0. The maximum Gasteiger partial charge on any atom is 0.335 e. The van der Waals surface area contributed by atoms with Gasteiger partial charge in [0.25, 0.3) is 0 Å². The molecule has 1 atom stereocenters. The highest BCUT2D eigenvalue weighted by molar-refractivity contribution is 5.87. The van der Waals surface area contributed by atoms with E-state index in [0.717, 1.165) is 5.56 Å². The van der Waals surface area contributed by atoms with E-state index >= 15 is 0 Å². The van der Waals surface area contributed by atoms with E-state index in [1.807, 2.05) is 0 Å². The first-order valence-corrected chi connectivity index (χ1v) is 4.23. The molecule has 0 aliphatic heterocycles. The molecule has 0 saturated carbocycles. The second kappa shape index (κ2) is 4.74. The maximum atomic E-state index is 10.6. The molecule has 0 radical (unpaired) electrons. The van der Waals surface area contributed by atoms with Crippen LogP contribution in [0.2, 0.25) is 0 Å². The van der Waals surface area contributed by atoms with Crippen molar-refractivity contribution >= 4 is 5.97 Å². The fourth-order valence-electron chi connectivity index (χ4n) is 1.15. The van der Waals surface area contributed by atoms with E-state index in [-0.39, 0.29) is 11.6 Å². The van der Waals surface area contributed by atoms with Crippen molar-refractivity contribution in [2.75, 3.05) is 13.7 Å². The first-order chi connectivity index (χ1) is 6.65. The van der Waals surface area contributed by atoms with Crippen LogP contribution in [0.3, 0.4) is 0 Å². The SMILES string of the molecule is COC[C@@H](N)c1ccc(C(=O)O)cc1. The predicted molar refractivity (Wildman–Crippen MR) is 52.2 cm³/mol. The highest BCUT2D eigenvalue weighted by Crippen LogP contribution is 2.11. The van der Waals surface area contributed by atoms with E-state index in [1.165, 1.54) is 12.1 Å². The molecule has 0 fully saturated rings. The van der Waals surface area contributed by atoms with Crippen molar-refractivity contribution in [3.05, 3.63) is 35.4 Å². The summed E-state index contributed by atoms with van der Waals surface area (Å²) in [7, 11) is 1.57. The zero-order valence-corrected chi connectivity index (χ0v) is 7.93. The predicted octanol–water partition coefficient (Wildman–Crippen LogP) is 1.03. The van der Waals surface area contributed by atoms with Crippen LogP contribution in [0.5, 0.6) is 0 Å². The Morgan fingerprint density at radius 1 is 1.50 bits per heavy atom. The number of nitrogens with two attached hydrogens (primary N) is 1. The number of aromatic carboxylic acids is 1. The van der Waals surface area contributed by atoms with Crippen molar-refractivity contribution in [3.8, 4) is 0 Å². The van der Waals surface area contributed by atoms with Gasteiger partial charge in [-0.1, -0.05) is 12.1 Å². The number of carboxylic acids is 1. The Kier molecular flexibility index (Phi) is 3.62. The number of ether oxygens (including phenoxy) is 1. The lowest BCUT2D eigenvalue weighted by molar-refractivity contribution is 0.0697. The molecule has 1 aromatic carbocycles. The number of carbonyl (C=O) groups is 1. The topological polar surface area (TPSA) is 72.5 Å².